The van der Waals surface area contributed by atoms with E-state index in [-0.39, 0.29) is 82.3 Å². The Morgan fingerprint density at radius 3 is 2.36 bits per heavy atom. The predicted octanol–water partition coefficient (Wildman–Crippen LogP) is 1.02. The maximum atomic E-state index is 9.31. The van der Waals surface area contributed by atoms with Crippen molar-refractivity contribution in [2.75, 3.05) is 0 Å². The molecule has 0 amide bonds. The number of rotatable bonds is 0. The van der Waals surface area contributed by atoms with Crippen molar-refractivity contribution in [2.24, 2.45) is 0 Å². The number of pyridine rings is 1. The number of nitrogens with zero attached hydrogens (tertiary/aromatic N) is 1. The van der Waals surface area contributed by atoms with E-state index in [1.807, 2.05) is 18.2 Å². The number of hydrogen-bond donors (Lipinski definition) is 1. The molecule has 0 aliphatic heterocycles. The topological polar surface area (TPSA) is 33.1 Å². The summed E-state index contributed by atoms with van der Waals surface area (Å²) in [4.78, 5) is 4.03. The first-order valence-corrected chi connectivity index (χ1v) is 3.40. The van der Waals surface area contributed by atoms with Gasteiger partial charge < -0.3 is 5.11 Å². The van der Waals surface area contributed by atoms with E-state index in [2.05, 4.69) is 4.98 Å². The number of aromatic hydroxyl groups is 1. The van der Waals surface area contributed by atoms with Crippen LogP contribution in [0.3, 0.4) is 0 Å². The molecule has 0 aliphatic carbocycles. The third kappa shape index (κ3) is 3.82. The summed E-state index contributed by atoms with van der Waals surface area (Å²) in [5, 5.41) is 10.3. The van der Waals surface area contributed by atoms with E-state index < -0.39 is 0 Å². The summed E-state index contributed by atoms with van der Waals surface area (Å²) in [5.41, 5.74) is 0.662. The average Bonchev–Trinajstić information content (AvgIpc) is 2.06. The summed E-state index contributed by atoms with van der Waals surface area (Å²) in [5.74, 6) is 0.239. The second-order valence-corrected chi connectivity index (χ2v) is 2.35. The average molecular weight is 299 g/mol. The molecule has 2 nitrogen and oxygen atoms in total. The first-order valence-electron chi connectivity index (χ1n) is 3.40. The van der Waals surface area contributed by atoms with Crippen LogP contribution in [0.5, 0.6) is 5.75 Å². The molecule has 0 saturated carbocycles. The molecule has 0 atom stereocenters. The van der Waals surface area contributed by atoms with Crippen molar-refractivity contribution in [2.45, 2.75) is 0 Å². The van der Waals surface area contributed by atoms with Gasteiger partial charge in [-0.2, -0.15) is 0 Å². The van der Waals surface area contributed by atoms with Crippen molar-refractivity contribution in [1.29, 1.82) is 0 Å². The quantitative estimate of drug-likeness (QED) is 0.737. The van der Waals surface area contributed by atoms with Crippen LogP contribution < -0.4 is 0 Å². The largest absolute Gasteiger partial charge is 0 e. The van der Waals surface area contributed by atoms with Crippen molar-refractivity contribution in [3.05, 3.63) is 36.5 Å². The molecule has 1 aromatic carbocycles. The number of phenols is 1. The number of benzene rings is 1. The van der Waals surface area contributed by atoms with E-state index in [0.29, 0.717) is 5.52 Å². The summed E-state index contributed by atoms with van der Waals surface area (Å²) < 4.78 is 0. The van der Waals surface area contributed by atoms with Gasteiger partial charge >= 0.3 is 37.7 Å². The SMILES string of the molecule is Oc1cccc2cccnc12.[CaH2].[Cu].[Ti]. The third-order valence-corrected chi connectivity index (χ3v) is 1.61. The zero-order chi connectivity index (χ0) is 7.68. The molecular formula is C9H9CaCuNOTi. The Labute approximate surface area is 138 Å². The molecular weight excluding hydrogens is 290 g/mol. The van der Waals surface area contributed by atoms with Crippen LogP contribution in [0, 0.1) is 0 Å². The Morgan fingerprint density at radius 1 is 1.07 bits per heavy atom. The van der Waals surface area contributed by atoms with Gasteiger partial charge in [0.25, 0.3) is 0 Å². The van der Waals surface area contributed by atoms with E-state index in [1.165, 1.54) is 0 Å². The van der Waals surface area contributed by atoms with Gasteiger partial charge in [-0.15, -0.1) is 0 Å². The molecule has 1 aromatic heterocycles. The maximum Gasteiger partial charge on any atom is 0 e. The van der Waals surface area contributed by atoms with Crippen molar-refractivity contribution in [3.8, 4) is 5.75 Å². The van der Waals surface area contributed by atoms with Gasteiger partial charge in [-0.1, -0.05) is 18.2 Å². The molecule has 73 valence electrons. The van der Waals surface area contributed by atoms with E-state index in [0.717, 1.165) is 5.39 Å². The van der Waals surface area contributed by atoms with Gasteiger partial charge in [-0.25, -0.2) is 0 Å². The van der Waals surface area contributed by atoms with E-state index in [9.17, 15) is 5.11 Å². The Balaban J connectivity index is 0. The molecule has 1 N–H and O–H groups in total. The fraction of sp³-hybridized carbons (Fsp3) is 0. The number of phenolic OH excluding ortho intramolecular Hbond substituents is 1. The van der Waals surface area contributed by atoms with Crippen LogP contribution in [0.15, 0.2) is 36.5 Å². The first-order chi connectivity index (χ1) is 5.38. The van der Waals surface area contributed by atoms with Crippen LogP contribution in [-0.4, -0.2) is 47.8 Å². The summed E-state index contributed by atoms with van der Waals surface area (Å²) in [6.45, 7) is 0. The summed E-state index contributed by atoms with van der Waals surface area (Å²) in [6, 6.07) is 9.13. The fourth-order valence-corrected chi connectivity index (χ4v) is 1.09. The minimum absolute atomic E-state index is 0. The van der Waals surface area contributed by atoms with Gasteiger partial charge in [0.15, 0.2) is 0 Å². The van der Waals surface area contributed by atoms with Crippen LogP contribution in [0.4, 0.5) is 0 Å². The number of fused-ring (bicyclic) bond motifs is 1. The van der Waals surface area contributed by atoms with Gasteiger partial charge in [0, 0.05) is 50.4 Å². The molecule has 5 heteroatoms. The first kappa shape index (κ1) is 17.3. The Hall–Kier alpha value is 0.924. The van der Waals surface area contributed by atoms with Gasteiger partial charge in [0.1, 0.15) is 11.3 Å². The Bertz CT molecular complexity index is 394. The van der Waals surface area contributed by atoms with Crippen molar-refractivity contribution < 1.29 is 43.9 Å². The number of para-hydroxylation sites is 1. The zero-order valence-corrected chi connectivity index (χ0v) is 9.16. The van der Waals surface area contributed by atoms with Crippen LogP contribution in [-0.2, 0) is 38.8 Å². The number of aromatic nitrogens is 1. The van der Waals surface area contributed by atoms with E-state index >= 15 is 0 Å². The summed E-state index contributed by atoms with van der Waals surface area (Å²) in [6.07, 6.45) is 1.67. The van der Waals surface area contributed by atoms with Gasteiger partial charge in [0.05, 0.1) is 0 Å². The molecule has 14 heavy (non-hydrogen) atoms. The van der Waals surface area contributed by atoms with E-state index in [4.69, 9.17) is 0 Å². The third-order valence-electron chi connectivity index (χ3n) is 1.61. The monoisotopic (exact) mass is 298 g/mol. The van der Waals surface area contributed by atoms with Crippen LogP contribution in [0.1, 0.15) is 0 Å². The smallest absolute Gasteiger partial charge is 0 e. The van der Waals surface area contributed by atoms with Crippen LogP contribution in [0.25, 0.3) is 10.9 Å². The zero-order valence-electron chi connectivity index (χ0n) is 6.66. The molecule has 0 fully saturated rings. The predicted molar refractivity (Wildman–Crippen MR) is 52.0 cm³/mol. The second kappa shape index (κ2) is 8.12. The molecule has 0 saturated heterocycles. The second-order valence-electron chi connectivity index (χ2n) is 2.35. The van der Waals surface area contributed by atoms with Crippen LogP contribution in [0.2, 0.25) is 0 Å². The molecule has 2 rings (SSSR count). The van der Waals surface area contributed by atoms with Crippen molar-refractivity contribution >= 4 is 48.6 Å². The summed E-state index contributed by atoms with van der Waals surface area (Å²) >= 11 is 0. The van der Waals surface area contributed by atoms with Gasteiger partial charge in [-0.3, -0.25) is 4.98 Å². The van der Waals surface area contributed by atoms with E-state index in [1.54, 1.807) is 18.3 Å². The molecule has 1 radical (unpaired) electrons. The number of hydrogen-bond acceptors (Lipinski definition) is 2. The van der Waals surface area contributed by atoms with Gasteiger partial charge in [-0.05, 0) is 12.1 Å². The normalized spacial score (nSPS) is 8.00. The minimum Gasteiger partial charge on any atom is 0 e. The summed E-state index contributed by atoms with van der Waals surface area (Å²) in [7, 11) is 0. The molecule has 2 aromatic rings. The minimum atomic E-state index is 0. The fourth-order valence-electron chi connectivity index (χ4n) is 1.09. The molecule has 0 unspecified atom stereocenters. The molecule has 1 heterocycles. The van der Waals surface area contributed by atoms with Gasteiger partial charge in [0.2, 0.25) is 0 Å². The van der Waals surface area contributed by atoms with Crippen molar-refractivity contribution in [3.63, 3.8) is 0 Å². The molecule has 0 aliphatic rings. The molecule has 0 spiro atoms. The van der Waals surface area contributed by atoms with Crippen molar-refractivity contribution in [1.82, 2.24) is 4.98 Å². The molecule has 0 bridgehead atoms. The standard InChI is InChI=1S/C9H7NO.Ca.Cu.Ti.2H/c11-8-5-1-3-7-4-2-6-10-9(7)8;;;;;/h1-6,11H;;;;;. The van der Waals surface area contributed by atoms with Crippen LogP contribution >= 0.6 is 0 Å². The Kier molecular flexibility index (Phi) is 10.0. The maximum absolute atomic E-state index is 9.31. The Morgan fingerprint density at radius 2 is 1.71 bits per heavy atom.